The molecule has 0 aliphatic carbocycles. The van der Waals surface area contributed by atoms with Crippen molar-refractivity contribution >= 4 is 0 Å². The van der Waals surface area contributed by atoms with Gasteiger partial charge >= 0.3 is 0 Å². The van der Waals surface area contributed by atoms with Crippen LogP contribution in [-0.2, 0) is 11.8 Å². The second-order valence-corrected chi connectivity index (χ2v) is 6.17. The van der Waals surface area contributed by atoms with Crippen LogP contribution < -0.4 is 5.43 Å². The first-order valence-corrected chi connectivity index (χ1v) is 4.91. The molecule has 0 N–H and O–H groups in total. The summed E-state index contributed by atoms with van der Waals surface area (Å²) in [5, 5.41) is 0. The van der Waals surface area contributed by atoms with Crippen LogP contribution in [0.4, 0.5) is 0 Å². The minimum Gasteiger partial charge on any atom is -0.289 e. The van der Waals surface area contributed by atoms with Crippen LogP contribution in [0.25, 0.3) is 0 Å². The van der Waals surface area contributed by atoms with Crippen molar-refractivity contribution < 1.29 is 0 Å². The Labute approximate surface area is 80.8 Å². The molecule has 1 rings (SSSR count). The van der Waals surface area contributed by atoms with Gasteiger partial charge in [-0.15, -0.1) is 0 Å². The molecule has 13 heavy (non-hydrogen) atoms. The molecule has 0 unspecified atom stereocenters. The smallest absolute Gasteiger partial charge is 0.186 e. The fourth-order valence-corrected chi connectivity index (χ4v) is 1.70. The molecule has 0 amide bonds. The molecule has 0 saturated carbocycles. The van der Waals surface area contributed by atoms with E-state index in [9.17, 15) is 4.79 Å². The Morgan fingerprint density at radius 1 is 1.00 bits per heavy atom. The average molecular weight is 180 g/mol. The van der Waals surface area contributed by atoms with E-state index in [0.717, 1.165) is 17.5 Å². The second kappa shape index (κ2) is 2.70. The number of hydrogen-bond acceptors (Lipinski definition) is 1. The average Bonchev–Trinajstić information content (AvgIpc) is 2.34. The zero-order valence-electron chi connectivity index (χ0n) is 9.62. The molecule has 1 aromatic rings. The minimum absolute atomic E-state index is 0.0532. The van der Waals surface area contributed by atoms with Crippen molar-refractivity contribution in [2.45, 2.75) is 53.4 Å². The van der Waals surface area contributed by atoms with Gasteiger partial charge in [0, 0.05) is 11.1 Å². The molecule has 0 aliphatic rings. The van der Waals surface area contributed by atoms with E-state index >= 15 is 0 Å². The lowest BCUT2D eigenvalue weighted by Gasteiger charge is -2.16. The van der Waals surface area contributed by atoms with Crippen LogP contribution in [-0.4, -0.2) is 0 Å². The first-order valence-electron chi connectivity index (χ1n) is 4.91. The van der Waals surface area contributed by atoms with E-state index in [4.69, 9.17) is 0 Å². The lowest BCUT2D eigenvalue weighted by Crippen LogP contribution is -2.10. The molecule has 0 fully saturated rings. The summed E-state index contributed by atoms with van der Waals surface area (Å²) in [5.41, 5.74) is 2.76. The van der Waals surface area contributed by atoms with Gasteiger partial charge < -0.3 is 0 Å². The SMILES string of the molecule is CC(C)(C)Cc1c(C(C)(C)C)c1=O. The third-order valence-electron chi connectivity index (χ3n) is 2.20. The summed E-state index contributed by atoms with van der Waals surface area (Å²) >= 11 is 0. The zero-order chi connectivity index (χ0) is 10.4. The van der Waals surface area contributed by atoms with Gasteiger partial charge in [0.15, 0.2) is 5.43 Å². The fraction of sp³-hybridized carbons (Fsp3) is 0.750. The molecule has 0 saturated heterocycles. The van der Waals surface area contributed by atoms with Gasteiger partial charge in [-0.2, -0.15) is 0 Å². The molecular weight excluding hydrogens is 160 g/mol. The van der Waals surface area contributed by atoms with E-state index < -0.39 is 0 Å². The minimum atomic E-state index is 0.0532. The van der Waals surface area contributed by atoms with E-state index in [-0.39, 0.29) is 10.8 Å². The van der Waals surface area contributed by atoms with Gasteiger partial charge in [0.1, 0.15) is 0 Å². The van der Waals surface area contributed by atoms with Gasteiger partial charge in [-0.3, -0.25) is 4.79 Å². The molecule has 1 aromatic carbocycles. The van der Waals surface area contributed by atoms with Crippen LogP contribution in [0.2, 0.25) is 0 Å². The maximum Gasteiger partial charge on any atom is 0.186 e. The highest BCUT2D eigenvalue weighted by molar-refractivity contribution is 5.44. The van der Waals surface area contributed by atoms with E-state index in [1.165, 1.54) is 0 Å². The standard InChI is InChI=1S/C12H20O/c1-11(2,3)7-8-9(10(8)13)12(4,5)6/h7H2,1-6H3. The Hall–Kier alpha value is -0.590. The van der Waals surface area contributed by atoms with Crippen molar-refractivity contribution in [2.24, 2.45) is 5.41 Å². The van der Waals surface area contributed by atoms with Crippen molar-refractivity contribution in [3.63, 3.8) is 0 Å². The first kappa shape index (κ1) is 10.5. The van der Waals surface area contributed by atoms with Gasteiger partial charge in [-0.05, 0) is 17.3 Å². The topological polar surface area (TPSA) is 17.1 Å². The van der Waals surface area contributed by atoms with Crippen molar-refractivity contribution in [1.82, 2.24) is 0 Å². The maximum absolute atomic E-state index is 11.5. The summed E-state index contributed by atoms with van der Waals surface area (Å²) in [5.74, 6) is 0. The Morgan fingerprint density at radius 3 is 1.69 bits per heavy atom. The summed E-state index contributed by atoms with van der Waals surface area (Å²) in [4.78, 5) is 11.5. The number of hydrogen-bond donors (Lipinski definition) is 0. The van der Waals surface area contributed by atoms with E-state index in [2.05, 4.69) is 41.5 Å². The molecule has 0 aromatic heterocycles. The van der Waals surface area contributed by atoms with Crippen LogP contribution in [0, 0.1) is 5.41 Å². The quantitative estimate of drug-likeness (QED) is 0.649. The predicted octanol–water partition coefficient (Wildman–Crippen LogP) is 2.81. The van der Waals surface area contributed by atoms with Gasteiger partial charge in [-0.1, -0.05) is 41.5 Å². The van der Waals surface area contributed by atoms with Gasteiger partial charge in [0.2, 0.25) is 0 Å². The van der Waals surface area contributed by atoms with Crippen LogP contribution in [0.15, 0.2) is 4.79 Å². The van der Waals surface area contributed by atoms with Crippen molar-refractivity contribution in [1.29, 1.82) is 0 Å². The normalized spacial score (nSPS) is 14.0. The first-order chi connectivity index (χ1) is 5.63. The molecule has 74 valence electrons. The third-order valence-corrected chi connectivity index (χ3v) is 2.20. The Morgan fingerprint density at radius 2 is 1.46 bits per heavy atom. The summed E-state index contributed by atoms with van der Waals surface area (Å²) in [6.45, 7) is 12.8. The lowest BCUT2D eigenvalue weighted by molar-refractivity contribution is 0.412. The van der Waals surface area contributed by atoms with Crippen LogP contribution in [0.3, 0.4) is 0 Å². The zero-order valence-corrected chi connectivity index (χ0v) is 9.62. The Bertz CT molecular complexity index is 311. The summed E-state index contributed by atoms with van der Waals surface area (Å²) in [7, 11) is 0. The molecule has 0 atom stereocenters. The van der Waals surface area contributed by atoms with Gasteiger partial charge in [0.25, 0.3) is 0 Å². The highest BCUT2D eigenvalue weighted by Crippen LogP contribution is 2.31. The fourth-order valence-electron chi connectivity index (χ4n) is 1.70. The molecule has 0 radical (unpaired) electrons. The third kappa shape index (κ3) is 2.43. The monoisotopic (exact) mass is 180 g/mol. The molecule has 1 heteroatoms. The highest BCUT2D eigenvalue weighted by Gasteiger charge is 2.33. The van der Waals surface area contributed by atoms with Crippen molar-refractivity contribution in [3.8, 4) is 0 Å². The van der Waals surface area contributed by atoms with Crippen LogP contribution >= 0.6 is 0 Å². The van der Waals surface area contributed by atoms with Crippen LogP contribution in [0.1, 0.15) is 52.7 Å². The summed E-state index contributed by atoms with van der Waals surface area (Å²) in [6, 6.07) is 0. The molecule has 0 aliphatic heterocycles. The maximum atomic E-state index is 11.5. The van der Waals surface area contributed by atoms with Crippen molar-refractivity contribution in [3.05, 3.63) is 21.4 Å². The molecule has 0 spiro atoms. The molecule has 1 nitrogen and oxygen atoms in total. The number of rotatable bonds is 1. The Kier molecular flexibility index (Phi) is 2.18. The Balaban J connectivity index is 2.79. The van der Waals surface area contributed by atoms with E-state index in [1.54, 1.807) is 0 Å². The molecular formula is C12H20O. The second-order valence-electron chi connectivity index (χ2n) is 6.17. The highest BCUT2D eigenvalue weighted by atomic mass is 16.1. The predicted molar refractivity (Wildman–Crippen MR) is 56.9 cm³/mol. The summed E-state index contributed by atoms with van der Waals surface area (Å²) < 4.78 is 0. The van der Waals surface area contributed by atoms with E-state index in [1.807, 2.05) is 0 Å². The summed E-state index contributed by atoms with van der Waals surface area (Å²) in [6.07, 6.45) is 0.929. The van der Waals surface area contributed by atoms with Gasteiger partial charge in [0.05, 0.1) is 0 Å². The largest absolute Gasteiger partial charge is 0.289 e. The van der Waals surface area contributed by atoms with E-state index in [0.29, 0.717) is 5.43 Å². The van der Waals surface area contributed by atoms with Gasteiger partial charge in [-0.25, -0.2) is 0 Å². The van der Waals surface area contributed by atoms with Crippen LogP contribution in [0.5, 0.6) is 0 Å². The molecule has 0 bridgehead atoms. The lowest BCUT2D eigenvalue weighted by atomic mass is 9.87. The molecule has 0 heterocycles. The van der Waals surface area contributed by atoms with Crippen molar-refractivity contribution in [2.75, 3.05) is 0 Å².